The van der Waals surface area contributed by atoms with Gasteiger partial charge in [-0.25, -0.2) is 14.8 Å². The Kier molecular flexibility index (Phi) is 4.18. The fourth-order valence-corrected chi connectivity index (χ4v) is 1.88. The van der Waals surface area contributed by atoms with Gasteiger partial charge in [-0.05, 0) is 37.1 Å². The highest BCUT2D eigenvalue weighted by Gasteiger charge is 2.13. The third-order valence-corrected chi connectivity index (χ3v) is 3.20. The molecule has 0 unspecified atom stereocenters. The second kappa shape index (κ2) is 5.88. The lowest BCUT2D eigenvalue weighted by atomic mass is 10.0. The van der Waals surface area contributed by atoms with Gasteiger partial charge in [0.1, 0.15) is 10.8 Å². The first-order valence-corrected chi connectivity index (χ1v) is 6.39. The Balaban J connectivity index is 2.29. The van der Waals surface area contributed by atoms with Crippen LogP contribution in [0.4, 0.5) is 5.69 Å². The molecule has 21 heavy (non-hydrogen) atoms. The second-order valence-electron chi connectivity index (χ2n) is 4.45. The van der Waals surface area contributed by atoms with Crippen molar-refractivity contribution in [2.45, 2.75) is 13.8 Å². The number of aromatic nitrogens is 2. The standard InChI is InChI=1S/C14H12ClN3O3/c1-7-3-9(4-10(8(7)2)14(20)21)18-13(19)11-5-17-12(15)6-16-11/h3-6H,1-2H3,(H,18,19)(H,20,21). The number of hydrogen-bond acceptors (Lipinski definition) is 4. The summed E-state index contributed by atoms with van der Waals surface area (Å²) < 4.78 is 0. The zero-order valence-corrected chi connectivity index (χ0v) is 12.1. The molecule has 0 saturated carbocycles. The molecular weight excluding hydrogens is 294 g/mol. The molecule has 1 heterocycles. The Bertz CT molecular complexity index is 714. The number of carbonyl (C=O) groups excluding carboxylic acids is 1. The lowest BCUT2D eigenvalue weighted by molar-refractivity contribution is 0.0695. The summed E-state index contributed by atoms with van der Waals surface area (Å²) in [7, 11) is 0. The van der Waals surface area contributed by atoms with Crippen molar-refractivity contribution >= 4 is 29.2 Å². The van der Waals surface area contributed by atoms with Crippen molar-refractivity contribution in [1.82, 2.24) is 9.97 Å². The fraction of sp³-hybridized carbons (Fsp3) is 0.143. The Hall–Kier alpha value is -2.47. The van der Waals surface area contributed by atoms with Crippen LogP contribution in [0.1, 0.15) is 32.0 Å². The van der Waals surface area contributed by atoms with Gasteiger partial charge >= 0.3 is 5.97 Å². The maximum absolute atomic E-state index is 12.0. The predicted molar refractivity (Wildman–Crippen MR) is 77.9 cm³/mol. The molecule has 2 rings (SSSR count). The first-order chi connectivity index (χ1) is 9.88. The first kappa shape index (κ1) is 14.9. The summed E-state index contributed by atoms with van der Waals surface area (Å²) in [4.78, 5) is 30.8. The molecular formula is C14H12ClN3O3. The summed E-state index contributed by atoms with van der Waals surface area (Å²) >= 11 is 5.60. The van der Waals surface area contributed by atoms with Gasteiger partial charge in [0.2, 0.25) is 0 Å². The average Bonchev–Trinajstić information content (AvgIpc) is 2.43. The largest absolute Gasteiger partial charge is 0.478 e. The topological polar surface area (TPSA) is 92.2 Å². The highest BCUT2D eigenvalue weighted by molar-refractivity contribution is 6.29. The van der Waals surface area contributed by atoms with Gasteiger partial charge in [-0.15, -0.1) is 0 Å². The van der Waals surface area contributed by atoms with Gasteiger partial charge in [0.15, 0.2) is 0 Å². The second-order valence-corrected chi connectivity index (χ2v) is 4.84. The van der Waals surface area contributed by atoms with E-state index in [-0.39, 0.29) is 16.4 Å². The van der Waals surface area contributed by atoms with Gasteiger partial charge in [-0.2, -0.15) is 0 Å². The zero-order valence-electron chi connectivity index (χ0n) is 11.3. The molecule has 0 fully saturated rings. The highest BCUT2D eigenvalue weighted by Crippen LogP contribution is 2.20. The zero-order chi connectivity index (χ0) is 15.6. The number of aryl methyl sites for hydroxylation is 1. The minimum atomic E-state index is -1.04. The number of rotatable bonds is 3. The molecule has 7 heteroatoms. The van der Waals surface area contributed by atoms with E-state index in [4.69, 9.17) is 16.7 Å². The summed E-state index contributed by atoms with van der Waals surface area (Å²) in [5.41, 5.74) is 2.05. The van der Waals surface area contributed by atoms with Crippen molar-refractivity contribution in [3.63, 3.8) is 0 Å². The molecule has 0 spiro atoms. The molecule has 108 valence electrons. The lowest BCUT2D eigenvalue weighted by Gasteiger charge is -2.10. The molecule has 2 aromatic rings. The molecule has 6 nitrogen and oxygen atoms in total. The number of benzene rings is 1. The molecule has 1 aromatic heterocycles. The van der Waals surface area contributed by atoms with Crippen LogP contribution in [0.2, 0.25) is 5.15 Å². The number of nitrogens with one attached hydrogen (secondary N) is 1. The third-order valence-electron chi connectivity index (χ3n) is 3.01. The maximum Gasteiger partial charge on any atom is 0.336 e. The summed E-state index contributed by atoms with van der Waals surface area (Å²) in [6, 6.07) is 3.11. The quantitative estimate of drug-likeness (QED) is 0.909. The number of hydrogen-bond donors (Lipinski definition) is 2. The minimum Gasteiger partial charge on any atom is -0.478 e. The van der Waals surface area contributed by atoms with Crippen LogP contribution < -0.4 is 5.32 Å². The Morgan fingerprint density at radius 2 is 1.90 bits per heavy atom. The van der Waals surface area contributed by atoms with Crippen LogP contribution >= 0.6 is 11.6 Å². The highest BCUT2D eigenvalue weighted by atomic mass is 35.5. The van der Waals surface area contributed by atoms with E-state index in [1.807, 2.05) is 0 Å². The number of carboxylic acid groups (broad SMARTS) is 1. The van der Waals surface area contributed by atoms with E-state index in [2.05, 4.69) is 15.3 Å². The molecule has 0 bridgehead atoms. The van der Waals surface area contributed by atoms with E-state index >= 15 is 0 Å². The van der Waals surface area contributed by atoms with Gasteiger partial charge in [0.25, 0.3) is 5.91 Å². The van der Waals surface area contributed by atoms with Crippen molar-refractivity contribution in [2.75, 3.05) is 5.32 Å². The number of halogens is 1. The normalized spacial score (nSPS) is 10.2. The minimum absolute atomic E-state index is 0.0921. The van der Waals surface area contributed by atoms with Crippen LogP contribution in [-0.2, 0) is 0 Å². The smallest absolute Gasteiger partial charge is 0.336 e. The van der Waals surface area contributed by atoms with Gasteiger partial charge < -0.3 is 10.4 Å². The maximum atomic E-state index is 12.0. The van der Waals surface area contributed by atoms with Gasteiger partial charge in [0.05, 0.1) is 18.0 Å². The number of carbonyl (C=O) groups is 2. The van der Waals surface area contributed by atoms with Crippen molar-refractivity contribution in [3.8, 4) is 0 Å². The van der Waals surface area contributed by atoms with E-state index in [0.29, 0.717) is 11.3 Å². The molecule has 0 radical (unpaired) electrons. The van der Waals surface area contributed by atoms with E-state index < -0.39 is 11.9 Å². The number of aromatic carboxylic acids is 1. The molecule has 0 aliphatic heterocycles. The summed E-state index contributed by atoms with van der Waals surface area (Å²) in [5.74, 6) is -1.53. The lowest BCUT2D eigenvalue weighted by Crippen LogP contribution is -2.15. The van der Waals surface area contributed by atoms with Crippen LogP contribution in [0.5, 0.6) is 0 Å². The number of nitrogens with zero attached hydrogens (tertiary/aromatic N) is 2. The van der Waals surface area contributed by atoms with Gasteiger partial charge in [-0.1, -0.05) is 11.6 Å². The SMILES string of the molecule is Cc1cc(NC(=O)c2cnc(Cl)cn2)cc(C(=O)O)c1C. The summed E-state index contributed by atoms with van der Waals surface area (Å²) in [5, 5.41) is 11.9. The summed E-state index contributed by atoms with van der Waals surface area (Å²) in [6.07, 6.45) is 2.51. The van der Waals surface area contributed by atoms with Crippen LogP contribution in [0.3, 0.4) is 0 Å². The Labute approximate surface area is 125 Å². The van der Waals surface area contributed by atoms with Crippen LogP contribution in [0.15, 0.2) is 24.5 Å². The van der Waals surface area contributed by atoms with Crippen molar-refractivity contribution in [1.29, 1.82) is 0 Å². The first-order valence-electron chi connectivity index (χ1n) is 6.02. The Morgan fingerprint density at radius 1 is 1.19 bits per heavy atom. The van der Waals surface area contributed by atoms with Crippen LogP contribution in [0.25, 0.3) is 0 Å². The van der Waals surface area contributed by atoms with Crippen molar-refractivity contribution in [3.05, 3.63) is 52.1 Å². The number of carboxylic acids is 1. The molecule has 1 amide bonds. The molecule has 0 saturated heterocycles. The van der Waals surface area contributed by atoms with Crippen molar-refractivity contribution < 1.29 is 14.7 Å². The van der Waals surface area contributed by atoms with E-state index in [0.717, 1.165) is 5.56 Å². The molecule has 0 aliphatic rings. The van der Waals surface area contributed by atoms with E-state index in [1.54, 1.807) is 19.9 Å². The number of anilines is 1. The van der Waals surface area contributed by atoms with Crippen LogP contribution in [0, 0.1) is 13.8 Å². The third kappa shape index (κ3) is 3.35. The molecule has 0 atom stereocenters. The van der Waals surface area contributed by atoms with Gasteiger partial charge in [0, 0.05) is 5.69 Å². The predicted octanol–water partition coefficient (Wildman–Crippen LogP) is 2.70. The van der Waals surface area contributed by atoms with Crippen LogP contribution in [-0.4, -0.2) is 27.0 Å². The van der Waals surface area contributed by atoms with Gasteiger partial charge in [-0.3, -0.25) is 4.79 Å². The monoisotopic (exact) mass is 305 g/mol. The average molecular weight is 306 g/mol. The summed E-state index contributed by atoms with van der Waals surface area (Å²) in [6.45, 7) is 3.49. The number of amides is 1. The molecule has 0 aliphatic carbocycles. The molecule has 2 N–H and O–H groups in total. The van der Waals surface area contributed by atoms with Crippen molar-refractivity contribution in [2.24, 2.45) is 0 Å². The fourth-order valence-electron chi connectivity index (χ4n) is 1.78. The Morgan fingerprint density at radius 3 is 2.48 bits per heavy atom. The van der Waals surface area contributed by atoms with E-state index in [1.165, 1.54) is 18.5 Å². The van der Waals surface area contributed by atoms with E-state index in [9.17, 15) is 9.59 Å². The molecule has 1 aromatic carbocycles.